The second-order valence-electron chi connectivity index (χ2n) is 4.56. The van der Waals surface area contributed by atoms with Crippen molar-refractivity contribution in [3.8, 4) is 0 Å². The normalized spacial score (nSPS) is 19.6. The molecule has 1 fully saturated rings. The van der Waals surface area contributed by atoms with Gasteiger partial charge in [0, 0.05) is 26.1 Å². The fourth-order valence-corrected chi connectivity index (χ4v) is 2.14. The van der Waals surface area contributed by atoms with Crippen molar-refractivity contribution in [1.82, 2.24) is 9.80 Å². The number of carbonyl (C=O) groups is 2. The highest BCUT2D eigenvalue weighted by atomic mass is 19.4. The molecule has 0 aliphatic carbocycles. The number of aliphatic hydroxyl groups excluding tert-OH is 2. The molecule has 0 aromatic heterocycles. The van der Waals surface area contributed by atoms with Gasteiger partial charge in [-0.15, -0.1) is 0 Å². The Hall–Kier alpha value is -1.35. The van der Waals surface area contributed by atoms with E-state index in [-0.39, 0.29) is 39.3 Å². The number of hydrogen-bond donors (Lipinski definition) is 2. The molecule has 20 heavy (non-hydrogen) atoms. The van der Waals surface area contributed by atoms with Gasteiger partial charge in [-0.1, -0.05) is 0 Å². The fraction of sp³-hybridized carbons (Fsp3) is 0.818. The molecule has 0 saturated carbocycles. The van der Waals surface area contributed by atoms with Gasteiger partial charge in [-0.05, 0) is 0 Å². The number of likely N-dealkylation sites (tertiary alicyclic amines) is 1. The molecule has 1 unspecified atom stereocenters. The van der Waals surface area contributed by atoms with Crippen molar-refractivity contribution < 1.29 is 33.0 Å². The minimum atomic E-state index is -4.50. The van der Waals surface area contributed by atoms with Gasteiger partial charge in [-0.25, -0.2) is 0 Å². The van der Waals surface area contributed by atoms with Gasteiger partial charge in [0.25, 0.3) is 0 Å². The first kappa shape index (κ1) is 16.7. The van der Waals surface area contributed by atoms with Crippen LogP contribution in [-0.4, -0.2) is 77.4 Å². The number of amides is 2. The molecule has 0 spiro atoms. The van der Waals surface area contributed by atoms with Gasteiger partial charge >= 0.3 is 6.18 Å². The average molecular weight is 298 g/mol. The van der Waals surface area contributed by atoms with Crippen molar-refractivity contribution in [2.45, 2.75) is 12.6 Å². The van der Waals surface area contributed by atoms with Gasteiger partial charge in [0.2, 0.25) is 11.8 Å². The molecule has 0 radical (unpaired) electrons. The van der Waals surface area contributed by atoms with Gasteiger partial charge in [0.05, 0.1) is 19.1 Å². The van der Waals surface area contributed by atoms with Crippen LogP contribution >= 0.6 is 0 Å². The molecule has 0 aromatic rings. The van der Waals surface area contributed by atoms with Crippen LogP contribution in [0.1, 0.15) is 6.42 Å². The van der Waals surface area contributed by atoms with Crippen molar-refractivity contribution in [3.63, 3.8) is 0 Å². The molecular formula is C11H17F3N2O4. The van der Waals surface area contributed by atoms with Crippen LogP contribution in [0.4, 0.5) is 13.2 Å². The maximum atomic E-state index is 12.3. The number of carbonyl (C=O) groups excluding carboxylic acids is 2. The van der Waals surface area contributed by atoms with E-state index in [1.807, 2.05) is 0 Å². The molecule has 116 valence electrons. The van der Waals surface area contributed by atoms with Crippen LogP contribution in [0.3, 0.4) is 0 Å². The zero-order chi connectivity index (χ0) is 15.3. The van der Waals surface area contributed by atoms with E-state index in [9.17, 15) is 22.8 Å². The summed E-state index contributed by atoms with van der Waals surface area (Å²) in [5.41, 5.74) is 0. The Morgan fingerprint density at radius 3 is 2.30 bits per heavy atom. The highest BCUT2D eigenvalue weighted by molar-refractivity contribution is 5.89. The molecule has 9 heteroatoms. The smallest absolute Gasteiger partial charge is 0.395 e. The number of halogens is 3. The molecule has 1 aliphatic heterocycles. The molecule has 6 nitrogen and oxygen atoms in total. The molecule has 1 saturated heterocycles. The van der Waals surface area contributed by atoms with Crippen LogP contribution in [0.15, 0.2) is 0 Å². The molecule has 2 N–H and O–H groups in total. The maximum absolute atomic E-state index is 12.3. The SMILES string of the molecule is O=C1CC(C(=O)N(CCO)CCO)CN1CC(F)(F)F. The summed E-state index contributed by atoms with van der Waals surface area (Å²) < 4.78 is 36.8. The lowest BCUT2D eigenvalue weighted by Crippen LogP contribution is -2.41. The Morgan fingerprint density at radius 2 is 1.85 bits per heavy atom. The summed E-state index contributed by atoms with van der Waals surface area (Å²) in [5, 5.41) is 17.6. The fourth-order valence-electron chi connectivity index (χ4n) is 2.14. The molecule has 1 rings (SSSR count). The first-order chi connectivity index (χ1) is 9.28. The van der Waals surface area contributed by atoms with E-state index in [2.05, 4.69) is 0 Å². The zero-order valence-electron chi connectivity index (χ0n) is 10.8. The maximum Gasteiger partial charge on any atom is 0.406 e. The van der Waals surface area contributed by atoms with Crippen LogP contribution in [-0.2, 0) is 9.59 Å². The second kappa shape index (κ2) is 6.89. The first-order valence-electron chi connectivity index (χ1n) is 6.13. The summed E-state index contributed by atoms with van der Waals surface area (Å²) in [5.74, 6) is -2.09. The van der Waals surface area contributed by atoms with E-state index in [4.69, 9.17) is 10.2 Å². The van der Waals surface area contributed by atoms with E-state index in [0.717, 1.165) is 4.90 Å². The van der Waals surface area contributed by atoms with Crippen molar-refractivity contribution in [2.75, 3.05) is 39.4 Å². The van der Waals surface area contributed by atoms with Crippen molar-refractivity contribution in [1.29, 1.82) is 0 Å². The molecular weight excluding hydrogens is 281 g/mol. The molecule has 0 bridgehead atoms. The van der Waals surface area contributed by atoms with E-state index in [1.165, 1.54) is 0 Å². The lowest BCUT2D eigenvalue weighted by atomic mass is 10.1. The van der Waals surface area contributed by atoms with Gasteiger partial charge in [0.15, 0.2) is 0 Å². The van der Waals surface area contributed by atoms with Crippen LogP contribution in [0.2, 0.25) is 0 Å². The summed E-state index contributed by atoms with van der Waals surface area (Å²) in [6, 6.07) is 0. The third-order valence-electron chi connectivity index (χ3n) is 2.99. The van der Waals surface area contributed by atoms with Gasteiger partial charge in [-0.2, -0.15) is 13.2 Å². The van der Waals surface area contributed by atoms with E-state index in [1.54, 1.807) is 0 Å². The first-order valence-corrected chi connectivity index (χ1v) is 6.13. The summed E-state index contributed by atoms with van der Waals surface area (Å²) in [7, 11) is 0. The number of rotatable bonds is 6. The number of nitrogens with zero attached hydrogens (tertiary/aromatic N) is 2. The van der Waals surface area contributed by atoms with Crippen LogP contribution < -0.4 is 0 Å². The quantitative estimate of drug-likeness (QED) is 0.673. The largest absolute Gasteiger partial charge is 0.406 e. The van der Waals surface area contributed by atoms with Crippen molar-refractivity contribution in [2.24, 2.45) is 5.92 Å². The van der Waals surface area contributed by atoms with E-state index < -0.39 is 30.5 Å². The molecule has 1 aliphatic rings. The standard InChI is InChI=1S/C11H17F3N2O4/c12-11(13,14)7-16-6-8(5-9(16)19)10(20)15(1-3-17)2-4-18/h8,17-18H,1-7H2. The van der Waals surface area contributed by atoms with Crippen LogP contribution in [0, 0.1) is 5.92 Å². The topological polar surface area (TPSA) is 81.1 Å². The Balaban J connectivity index is 2.64. The van der Waals surface area contributed by atoms with Crippen molar-refractivity contribution >= 4 is 11.8 Å². The minimum absolute atomic E-state index is 0.0244. The van der Waals surface area contributed by atoms with Crippen LogP contribution in [0.5, 0.6) is 0 Å². The third-order valence-corrected chi connectivity index (χ3v) is 2.99. The summed E-state index contributed by atoms with van der Waals surface area (Å²) >= 11 is 0. The molecule has 2 amide bonds. The van der Waals surface area contributed by atoms with E-state index in [0.29, 0.717) is 4.90 Å². The molecule has 1 heterocycles. The summed E-state index contributed by atoms with van der Waals surface area (Å²) in [6.07, 6.45) is -4.77. The van der Waals surface area contributed by atoms with Gasteiger partial charge < -0.3 is 20.0 Å². The zero-order valence-corrected chi connectivity index (χ0v) is 10.8. The third kappa shape index (κ3) is 4.64. The Kier molecular flexibility index (Phi) is 5.75. The second-order valence-corrected chi connectivity index (χ2v) is 4.56. The average Bonchev–Trinajstić information content (AvgIpc) is 2.67. The predicted octanol–water partition coefficient (Wildman–Crippen LogP) is -0.790. The Bertz CT molecular complexity index is 356. The monoisotopic (exact) mass is 298 g/mol. The predicted molar refractivity (Wildman–Crippen MR) is 61.5 cm³/mol. The number of alkyl halides is 3. The number of hydrogen-bond acceptors (Lipinski definition) is 4. The summed E-state index contributed by atoms with van der Waals surface area (Å²) in [4.78, 5) is 25.2. The van der Waals surface area contributed by atoms with Gasteiger partial charge in [-0.3, -0.25) is 9.59 Å². The Morgan fingerprint density at radius 1 is 1.30 bits per heavy atom. The van der Waals surface area contributed by atoms with E-state index >= 15 is 0 Å². The molecule has 1 atom stereocenters. The Labute approximate surface area is 113 Å². The highest BCUT2D eigenvalue weighted by Gasteiger charge is 2.41. The minimum Gasteiger partial charge on any atom is -0.395 e. The lowest BCUT2D eigenvalue weighted by Gasteiger charge is -2.24. The number of aliphatic hydroxyl groups is 2. The summed E-state index contributed by atoms with van der Waals surface area (Å²) in [6.45, 7) is -2.34. The van der Waals surface area contributed by atoms with Gasteiger partial charge in [0.1, 0.15) is 6.54 Å². The van der Waals surface area contributed by atoms with Crippen molar-refractivity contribution in [3.05, 3.63) is 0 Å². The lowest BCUT2D eigenvalue weighted by molar-refractivity contribution is -0.157. The van der Waals surface area contributed by atoms with Crippen LogP contribution in [0.25, 0.3) is 0 Å². The highest BCUT2D eigenvalue weighted by Crippen LogP contribution is 2.25. The molecule has 0 aromatic carbocycles.